The molecule has 0 amide bonds. The van der Waals surface area contributed by atoms with Gasteiger partial charge in [0, 0.05) is 43.5 Å². The van der Waals surface area contributed by atoms with Crippen LogP contribution in [0.1, 0.15) is 6.42 Å². The molecule has 1 fully saturated rings. The SMILES string of the molecule is COc1ccc(N2CCCN(Cn3nc(-c4cc(OC)cc(OC)c4)oc3=S)CC2)cc1. The number of hydrogen-bond acceptors (Lipinski definition) is 8. The van der Waals surface area contributed by atoms with Crippen LogP contribution in [0.5, 0.6) is 17.2 Å². The van der Waals surface area contributed by atoms with E-state index in [0.29, 0.717) is 28.9 Å². The third-order valence-electron chi connectivity index (χ3n) is 5.56. The number of ether oxygens (including phenoxy) is 3. The van der Waals surface area contributed by atoms with E-state index in [2.05, 4.69) is 27.0 Å². The van der Waals surface area contributed by atoms with Crippen molar-refractivity contribution in [2.45, 2.75) is 13.1 Å². The number of nitrogens with zero attached hydrogens (tertiary/aromatic N) is 4. The highest BCUT2D eigenvalue weighted by Gasteiger charge is 2.18. The summed E-state index contributed by atoms with van der Waals surface area (Å²) >= 11 is 5.44. The smallest absolute Gasteiger partial charge is 0.288 e. The summed E-state index contributed by atoms with van der Waals surface area (Å²) in [5.74, 6) is 2.65. The summed E-state index contributed by atoms with van der Waals surface area (Å²) in [4.78, 5) is 5.09. The van der Waals surface area contributed by atoms with Crippen LogP contribution in [0.2, 0.25) is 0 Å². The zero-order valence-corrected chi connectivity index (χ0v) is 19.4. The van der Waals surface area contributed by atoms with Gasteiger partial charge in [-0.15, -0.1) is 5.10 Å². The number of benzene rings is 2. The van der Waals surface area contributed by atoms with E-state index in [4.69, 9.17) is 30.8 Å². The summed E-state index contributed by atoms with van der Waals surface area (Å²) in [5.41, 5.74) is 1.97. The van der Waals surface area contributed by atoms with Crippen LogP contribution in [0.4, 0.5) is 5.69 Å². The van der Waals surface area contributed by atoms with Gasteiger partial charge in [0.15, 0.2) is 0 Å². The van der Waals surface area contributed by atoms with E-state index < -0.39 is 0 Å². The van der Waals surface area contributed by atoms with E-state index in [1.807, 2.05) is 24.3 Å². The van der Waals surface area contributed by atoms with E-state index in [0.717, 1.165) is 43.9 Å². The Labute approximate surface area is 192 Å². The fourth-order valence-corrected chi connectivity index (χ4v) is 3.97. The minimum Gasteiger partial charge on any atom is -0.497 e. The zero-order valence-electron chi connectivity index (χ0n) is 18.6. The van der Waals surface area contributed by atoms with E-state index in [-0.39, 0.29) is 0 Å². The van der Waals surface area contributed by atoms with E-state index >= 15 is 0 Å². The Hall–Kier alpha value is -3.04. The molecule has 1 aliphatic heterocycles. The summed E-state index contributed by atoms with van der Waals surface area (Å²) in [5, 5.41) is 4.62. The molecule has 2 aromatic carbocycles. The molecule has 4 rings (SSSR count). The zero-order chi connectivity index (χ0) is 22.5. The lowest BCUT2D eigenvalue weighted by molar-refractivity contribution is 0.217. The van der Waals surface area contributed by atoms with Crippen molar-refractivity contribution < 1.29 is 18.6 Å². The highest BCUT2D eigenvalue weighted by molar-refractivity contribution is 7.71. The molecule has 9 heteroatoms. The molecule has 8 nitrogen and oxygen atoms in total. The second kappa shape index (κ2) is 10.1. The molecule has 0 N–H and O–H groups in total. The van der Waals surface area contributed by atoms with Crippen LogP contribution in [0.3, 0.4) is 0 Å². The molecule has 0 bridgehead atoms. The molecule has 3 aromatic rings. The lowest BCUT2D eigenvalue weighted by Gasteiger charge is -2.23. The average molecular weight is 457 g/mol. The maximum atomic E-state index is 5.79. The average Bonchev–Trinajstić information content (AvgIpc) is 3.04. The van der Waals surface area contributed by atoms with Gasteiger partial charge in [0.25, 0.3) is 4.84 Å². The van der Waals surface area contributed by atoms with Crippen LogP contribution >= 0.6 is 12.2 Å². The van der Waals surface area contributed by atoms with Crippen molar-refractivity contribution in [2.75, 3.05) is 52.4 Å². The second-order valence-corrected chi connectivity index (χ2v) is 7.92. The molecule has 0 aliphatic carbocycles. The van der Waals surface area contributed by atoms with Gasteiger partial charge in [-0.3, -0.25) is 4.90 Å². The summed E-state index contributed by atoms with van der Waals surface area (Å²) in [6, 6.07) is 13.7. The third-order valence-corrected chi connectivity index (χ3v) is 5.86. The number of anilines is 1. The highest BCUT2D eigenvalue weighted by Crippen LogP contribution is 2.29. The number of aromatic nitrogens is 2. The maximum absolute atomic E-state index is 5.79. The largest absolute Gasteiger partial charge is 0.497 e. The molecular formula is C23H28N4O4S. The van der Waals surface area contributed by atoms with Gasteiger partial charge in [-0.05, 0) is 55.0 Å². The van der Waals surface area contributed by atoms with Gasteiger partial charge in [0.05, 0.1) is 28.0 Å². The summed E-state index contributed by atoms with van der Waals surface area (Å²) < 4.78 is 23.5. The first-order valence-corrected chi connectivity index (χ1v) is 10.9. The molecular weight excluding hydrogens is 428 g/mol. The van der Waals surface area contributed by atoms with Gasteiger partial charge in [-0.2, -0.15) is 0 Å². The van der Waals surface area contributed by atoms with Gasteiger partial charge in [0.2, 0.25) is 5.89 Å². The Morgan fingerprint density at radius 3 is 2.22 bits per heavy atom. The van der Waals surface area contributed by atoms with Crippen molar-refractivity contribution in [3.63, 3.8) is 0 Å². The molecule has 1 aliphatic rings. The van der Waals surface area contributed by atoms with Crippen molar-refractivity contribution in [3.8, 4) is 28.7 Å². The van der Waals surface area contributed by atoms with Crippen molar-refractivity contribution >= 4 is 17.9 Å². The Morgan fingerprint density at radius 2 is 1.56 bits per heavy atom. The monoisotopic (exact) mass is 456 g/mol. The quantitative estimate of drug-likeness (QED) is 0.493. The van der Waals surface area contributed by atoms with Crippen LogP contribution in [0, 0.1) is 4.84 Å². The molecule has 32 heavy (non-hydrogen) atoms. The number of hydrogen-bond donors (Lipinski definition) is 0. The van der Waals surface area contributed by atoms with E-state index in [1.54, 1.807) is 32.1 Å². The first kappa shape index (κ1) is 22.2. The van der Waals surface area contributed by atoms with Crippen LogP contribution in [0.25, 0.3) is 11.5 Å². The molecule has 0 spiro atoms. The van der Waals surface area contributed by atoms with Crippen LogP contribution in [-0.2, 0) is 6.67 Å². The third kappa shape index (κ3) is 5.05. The van der Waals surface area contributed by atoms with Gasteiger partial charge in [-0.25, -0.2) is 4.68 Å². The molecule has 1 saturated heterocycles. The molecule has 0 saturated carbocycles. The Balaban J connectivity index is 1.45. The Bertz CT molecular complexity index is 1070. The molecule has 1 aromatic heterocycles. The predicted molar refractivity (Wildman–Crippen MR) is 125 cm³/mol. The van der Waals surface area contributed by atoms with E-state index in [9.17, 15) is 0 Å². The van der Waals surface area contributed by atoms with Crippen molar-refractivity contribution in [3.05, 3.63) is 47.3 Å². The standard InChI is InChI=1S/C23H28N4O4S/c1-28-19-7-5-18(6-8-19)26-10-4-9-25(11-12-26)16-27-23(32)31-22(24-27)17-13-20(29-2)15-21(14-17)30-3/h5-8,13-15H,4,9-12,16H2,1-3H3. The summed E-state index contributed by atoms with van der Waals surface area (Å²) in [6.07, 6.45) is 1.05. The van der Waals surface area contributed by atoms with E-state index in [1.165, 1.54) is 5.69 Å². The van der Waals surface area contributed by atoms with Crippen LogP contribution in [0.15, 0.2) is 46.9 Å². The molecule has 0 radical (unpaired) electrons. The normalized spacial score (nSPS) is 14.8. The van der Waals surface area contributed by atoms with Crippen molar-refractivity contribution in [1.82, 2.24) is 14.7 Å². The van der Waals surface area contributed by atoms with Crippen LogP contribution in [-0.4, -0.2) is 62.2 Å². The highest BCUT2D eigenvalue weighted by atomic mass is 32.1. The van der Waals surface area contributed by atoms with Gasteiger partial charge in [0.1, 0.15) is 17.2 Å². The lowest BCUT2D eigenvalue weighted by atomic mass is 10.2. The van der Waals surface area contributed by atoms with Crippen LogP contribution < -0.4 is 19.1 Å². The first-order chi connectivity index (χ1) is 15.6. The van der Waals surface area contributed by atoms with Crippen molar-refractivity contribution in [2.24, 2.45) is 0 Å². The molecule has 0 atom stereocenters. The number of methoxy groups -OCH3 is 3. The second-order valence-electron chi connectivity index (χ2n) is 7.57. The fourth-order valence-electron chi connectivity index (χ4n) is 3.80. The predicted octanol–water partition coefficient (Wildman–Crippen LogP) is 4.07. The Morgan fingerprint density at radius 1 is 0.875 bits per heavy atom. The minimum atomic E-state index is 0.345. The minimum absolute atomic E-state index is 0.345. The van der Waals surface area contributed by atoms with Gasteiger partial charge >= 0.3 is 0 Å². The Kier molecular flexibility index (Phi) is 6.96. The fraction of sp³-hybridized carbons (Fsp3) is 0.391. The first-order valence-electron chi connectivity index (χ1n) is 10.5. The maximum Gasteiger partial charge on any atom is 0.288 e. The topological polar surface area (TPSA) is 65.1 Å². The molecule has 2 heterocycles. The molecule has 170 valence electrons. The summed E-state index contributed by atoms with van der Waals surface area (Å²) in [6.45, 7) is 4.38. The molecule has 0 unspecified atom stereocenters. The van der Waals surface area contributed by atoms with Gasteiger partial charge < -0.3 is 23.5 Å². The van der Waals surface area contributed by atoms with Gasteiger partial charge in [-0.1, -0.05) is 0 Å². The summed E-state index contributed by atoms with van der Waals surface area (Å²) in [7, 11) is 4.91. The lowest BCUT2D eigenvalue weighted by Crippen LogP contribution is -2.32. The van der Waals surface area contributed by atoms with Crippen molar-refractivity contribution in [1.29, 1.82) is 0 Å². The number of rotatable bonds is 7.